The number of sulfonamides is 1. The summed E-state index contributed by atoms with van der Waals surface area (Å²) in [6.07, 6.45) is 0.729. The van der Waals surface area contributed by atoms with E-state index in [4.69, 9.17) is 4.74 Å². The number of anilines is 1. The molecule has 7 nitrogen and oxygen atoms in total. The third kappa shape index (κ3) is 6.02. The van der Waals surface area contributed by atoms with Gasteiger partial charge in [-0.3, -0.25) is 9.52 Å². The van der Waals surface area contributed by atoms with E-state index < -0.39 is 34.3 Å². The van der Waals surface area contributed by atoms with E-state index in [0.29, 0.717) is 0 Å². The molecule has 0 aromatic heterocycles. The number of aryl methyl sites for hydroxylation is 1. The molecule has 0 aliphatic carbocycles. The first-order valence-electron chi connectivity index (χ1n) is 8.98. The number of halogens is 1. The third-order valence-electron chi connectivity index (χ3n) is 4.17. The van der Waals surface area contributed by atoms with Gasteiger partial charge in [-0.2, -0.15) is 0 Å². The molecule has 0 unspecified atom stereocenters. The monoisotopic (exact) mass is 422 g/mol. The highest BCUT2D eigenvalue weighted by molar-refractivity contribution is 7.92. The van der Waals surface area contributed by atoms with Gasteiger partial charge in [0.15, 0.2) is 6.61 Å². The summed E-state index contributed by atoms with van der Waals surface area (Å²) < 4.78 is 46.0. The lowest BCUT2D eigenvalue weighted by molar-refractivity contribution is -0.124. The second-order valence-electron chi connectivity index (χ2n) is 6.51. The number of hydrogen-bond acceptors (Lipinski definition) is 5. The molecule has 0 spiro atoms. The van der Waals surface area contributed by atoms with Crippen molar-refractivity contribution in [2.45, 2.75) is 38.1 Å². The van der Waals surface area contributed by atoms with Gasteiger partial charge in [-0.25, -0.2) is 17.6 Å². The van der Waals surface area contributed by atoms with Gasteiger partial charge < -0.3 is 10.1 Å². The van der Waals surface area contributed by atoms with Gasteiger partial charge in [-0.15, -0.1) is 0 Å². The zero-order valence-corrected chi connectivity index (χ0v) is 17.2. The van der Waals surface area contributed by atoms with Crippen molar-refractivity contribution in [3.63, 3.8) is 0 Å². The summed E-state index contributed by atoms with van der Waals surface area (Å²) in [5, 5.41) is 2.66. The Balaban J connectivity index is 2.18. The Morgan fingerprint density at radius 3 is 2.52 bits per heavy atom. The van der Waals surface area contributed by atoms with Gasteiger partial charge in [0.2, 0.25) is 0 Å². The first-order chi connectivity index (χ1) is 13.6. The lowest BCUT2D eigenvalue weighted by Crippen LogP contribution is -2.35. The molecule has 0 saturated carbocycles. The van der Waals surface area contributed by atoms with E-state index in [2.05, 4.69) is 10.0 Å². The molecule has 0 aliphatic rings. The standard InChI is InChI=1S/C20H23FN2O5S/c1-4-14(3)22-19(24)12-28-20(25)16-7-5-6-8-17(16)23-29(26,27)18-10-9-15(21)11-13(18)2/h5-11,14,23H,4,12H2,1-3H3,(H,22,24)/t14-/m0/s1. The van der Waals surface area contributed by atoms with Crippen molar-refractivity contribution in [2.75, 3.05) is 11.3 Å². The van der Waals surface area contributed by atoms with Crippen molar-refractivity contribution in [1.29, 1.82) is 0 Å². The summed E-state index contributed by atoms with van der Waals surface area (Å²) in [6.45, 7) is 4.71. The number of carbonyl (C=O) groups is 2. The quantitative estimate of drug-likeness (QED) is 0.637. The molecule has 2 aromatic rings. The van der Waals surface area contributed by atoms with Crippen molar-refractivity contribution in [2.24, 2.45) is 0 Å². The van der Waals surface area contributed by atoms with E-state index in [9.17, 15) is 22.4 Å². The summed E-state index contributed by atoms with van der Waals surface area (Å²) >= 11 is 0. The van der Waals surface area contributed by atoms with Crippen LogP contribution in [0.3, 0.4) is 0 Å². The predicted octanol–water partition coefficient (Wildman–Crippen LogP) is 3.01. The maximum Gasteiger partial charge on any atom is 0.340 e. The summed E-state index contributed by atoms with van der Waals surface area (Å²) in [4.78, 5) is 24.0. The van der Waals surface area contributed by atoms with Crippen LogP contribution < -0.4 is 10.0 Å². The minimum absolute atomic E-state index is 0.0106. The van der Waals surface area contributed by atoms with Crippen LogP contribution in [0, 0.1) is 12.7 Å². The first-order valence-corrected chi connectivity index (χ1v) is 10.5. The number of amides is 1. The van der Waals surface area contributed by atoms with Crippen LogP contribution in [0.2, 0.25) is 0 Å². The Morgan fingerprint density at radius 2 is 1.86 bits per heavy atom. The lowest BCUT2D eigenvalue weighted by Gasteiger charge is -2.14. The maximum atomic E-state index is 13.3. The van der Waals surface area contributed by atoms with Gasteiger partial charge in [-0.05, 0) is 56.2 Å². The fourth-order valence-electron chi connectivity index (χ4n) is 2.49. The van der Waals surface area contributed by atoms with Crippen LogP contribution in [-0.4, -0.2) is 32.9 Å². The molecule has 0 saturated heterocycles. The molecule has 9 heteroatoms. The molecule has 0 aliphatic heterocycles. The van der Waals surface area contributed by atoms with E-state index in [1.165, 1.54) is 25.1 Å². The molecule has 0 heterocycles. The number of benzene rings is 2. The van der Waals surface area contributed by atoms with Crippen LogP contribution in [0.25, 0.3) is 0 Å². The van der Waals surface area contributed by atoms with Gasteiger partial charge >= 0.3 is 5.97 Å². The van der Waals surface area contributed by atoms with E-state index >= 15 is 0 Å². The van der Waals surface area contributed by atoms with Gasteiger partial charge in [0, 0.05) is 6.04 Å². The van der Waals surface area contributed by atoms with Gasteiger partial charge in [0.05, 0.1) is 16.1 Å². The number of ether oxygens (including phenoxy) is 1. The molecule has 2 N–H and O–H groups in total. The second-order valence-corrected chi connectivity index (χ2v) is 8.16. The molecule has 1 amide bonds. The van der Waals surface area contributed by atoms with E-state index in [1.54, 1.807) is 6.07 Å². The SMILES string of the molecule is CC[C@H](C)NC(=O)COC(=O)c1ccccc1NS(=O)(=O)c1ccc(F)cc1C. The molecule has 0 radical (unpaired) electrons. The zero-order valence-electron chi connectivity index (χ0n) is 16.4. The number of para-hydroxylation sites is 1. The molecule has 2 aromatic carbocycles. The smallest absolute Gasteiger partial charge is 0.340 e. The van der Waals surface area contributed by atoms with Crippen molar-refractivity contribution >= 4 is 27.6 Å². The van der Waals surface area contributed by atoms with Crippen molar-refractivity contribution in [3.8, 4) is 0 Å². The highest BCUT2D eigenvalue weighted by atomic mass is 32.2. The van der Waals surface area contributed by atoms with Crippen LogP contribution in [-0.2, 0) is 19.6 Å². The molecule has 156 valence electrons. The Kier molecular flexibility index (Phi) is 7.33. The largest absolute Gasteiger partial charge is 0.452 e. The third-order valence-corrected chi connectivity index (χ3v) is 5.70. The minimum Gasteiger partial charge on any atom is -0.452 e. The average Bonchev–Trinajstić information content (AvgIpc) is 2.65. The van der Waals surface area contributed by atoms with Crippen molar-refractivity contribution in [3.05, 3.63) is 59.4 Å². The Morgan fingerprint density at radius 1 is 1.17 bits per heavy atom. The highest BCUT2D eigenvalue weighted by Gasteiger charge is 2.21. The predicted molar refractivity (Wildman–Crippen MR) is 107 cm³/mol. The molecule has 29 heavy (non-hydrogen) atoms. The lowest BCUT2D eigenvalue weighted by atomic mass is 10.2. The Bertz CT molecular complexity index is 1010. The summed E-state index contributed by atoms with van der Waals surface area (Å²) in [7, 11) is -4.07. The van der Waals surface area contributed by atoms with E-state index in [1.807, 2.05) is 13.8 Å². The normalized spacial score (nSPS) is 12.1. The number of nitrogens with one attached hydrogen (secondary N) is 2. The molecule has 0 fully saturated rings. The topological polar surface area (TPSA) is 102 Å². The molecular formula is C20H23FN2O5S. The van der Waals surface area contributed by atoms with Crippen LogP contribution in [0.15, 0.2) is 47.4 Å². The van der Waals surface area contributed by atoms with Crippen molar-refractivity contribution in [1.82, 2.24) is 5.32 Å². The number of esters is 1. The molecule has 1 atom stereocenters. The van der Waals surface area contributed by atoms with Gasteiger partial charge in [0.25, 0.3) is 15.9 Å². The number of carbonyl (C=O) groups excluding carboxylic acids is 2. The summed E-state index contributed by atoms with van der Waals surface area (Å²) in [5.74, 6) is -1.85. The zero-order chi connectivity index (χ0) is 21.6. The van der Waals surface area contributed by atoms with Crippen LogP contribution in [0.5, 0.6) is 0 Å². The fraction of sp³-hybridized carbons (Fsp3) is 0.300. The first kappa shape index (κ1) is 22.4. The second kappa shape index (κ2) is 9.51. The highest BCUT2D eigenvalue weighted by Crippen LogP contribution is 2.23. The van der Waals surface area contributed by atoms with Crippen LogP contribution >= 0.6 is 0 Å². The molecule has 2 rings (SSSR count). The Labute approximate surface area is 169 Å². The van der Waals surface area contributed by atoms with Crippen LogP contribution in [0.1, 0.15) is 36.2 Å². The minimum atomic E-state index is -4.07. The van der Waals surface area contributed by atoms with Gasteiger partial charge in [-0.1, -0.05) is 19.1 Å². The fourth-order valence-corrected chi connectivity index (χ4v) is 3.80. The Hall–Kier alpha value is -2.94. The summed E-state index contributed by atoms with van der Waals surface area (Å²) in [5.41, 5.74) is 0.162. The molecular weight excluding hydrogens is 399 g/mol. The van der Waals surface area contributed by atoms with E-state index in [-0.39, 0.29) is 27.8 Å². The number of hydrogen-bond donors (Lipinski definition) is 2. The molecule has 0 bridgehead atoms. The van der Waals surface area contributed by atoms with E-state index in [0.717, 1.165) is 24.6 Å². The summed E-state index contributed by atoms with van der Waals surface area (Å²) in [6, 6.07) is 9.09. The maximum absolute atomic E-state index is 13.3. The van der Waals surface area contributed by atoms with Crippen molar-refractivity contribution < 1.29 is 27.1 Å². The van der Waals surface area contributed by atoms with Crippen LogP contribution in [0.4, 0.5) is 10.1 Å². The van der Waals surface area contributed by atoms with Gasteiger partial charge in [0.1, 0.15) is 5.82 Å². The number of rotatable bonds is 8. The average molecular weight is 422 g/mol.